The van der Waals surface area contributed by atoms with E-state index in [0.717, 1.165) is 89.3 Å². The van der Waals surface area contributed by atoms with Gasteiger partial charge in [0.05, 0.1) is 30.7 Å². The summed E-state index contributed by atoms with van der Waals surface area (Å²) in [5.74, 6) is 0.442. The normalized spacial score (nSPS) is 14.8. The molecule has 0 radical (unpaired) electrons. The maximum absolute atomic E-state index is 12.6. The van der Waals surface area contributed by atoms with Gasteiger partial charge < -0.3 is 34.5 Å². The van der Waals surface area contributed by atoms with Crippen molar-refractivity contribution in [1.29, 1.82) is 0 Å². The van der Waals surface area contributed by atoms with Crippen LogP contribution in [0.15, 0.2) is 130 Å². The third-order valence-corrected chi connectivity index (χ3v) is 16.2. The van der Waals surface area contributed by atoms with Crippen LogP contribution in [0.3, 0.4) is 0 Å². The molecule has 2 unspecified atom stereocenters. The smallest absolute Gasteiger partial charge is 0.317 e. The van der Waals surface area contributed by atoms with Crippen molar-refractivity contribution in [3.05, 3.63) is 132 Å². The van der Waals surface area contributed by atoms with Gasteiger partial charge in [-0.2, -0.15) is 0 Å². The molecular formula is C56H65N5O8S3. The highest BCUT2D eigenvalue weighted by Gasteiger charge is 2.26. The number of carboxylic acid groups (broad SMARTS) is 2. The van der Waals surface area contributed by atoms with Gasteiger partial charge in [0.25, 0.3) is 0 Å². The summed E-state index contributed by atoms with van der Waals surface area (Å²) >= 11 is 3.96. The van der Waals surface area contributed by atoms with Gasteiger partial charge in [0.2, 0.25) is 11.8 Å². The predicted molar refractivity (Wildman–Crippen MR) is 286 cm³/mol. The van der Waals surface area contributed by atoms with E-state index < -0.39 is 22.4 Å². The highest BCUT2D eigenvalue weighted by Crippen LogP contribution is 2.33. The molecule has 0 spiro atoms. The number of hydrogen-bond acceptors (Lipinski definition) is 11. The molecule has 4 aromatic carbocycles. The quantitative estimate of drug-likeness (QED) is 0.0550. The molecule has 2 aliphatic rings. The van der Waals surface area contributed by atoms with Crippen molar-refractivity contribution in [2.75, 3.05) is 40.4 Å². The molecule has 2 saturated carbocycles. The van der Waals surface area contributed by atoms with E-state index in [4.69, 9.17) is 9.47 Å². The molecule has 72 heavy (non-hydrogen) atoms. The fourth-order valence-corrected chi connectivity index (χ4v) is 11.8. The van der Waals surface area contributed by atoms with Gasteiger partial charge in [-0.3, -0.25) is 19.2 Å². The minimum absolute atomic E-state index is 0.161. The number of rotatable bonds is 22. The van der Waals surface area contributed by atoms with Crippen molar-refractivity contribution in [2.45, 2.75) is 97.0 Å². The molecule has 0 saturated heterocycles. The molecule has 2 heterocycles. The maximum atomic E-state index is 12.6. The highest BCUT2D eigenvalue weighted by molar-refractivity contribution is 8.02. The molecule has 6 aromatic rings. The average molecular weight is 1030 g/mol. The monoisotopic (exact) mass is 1030 g/mol. The first-order chi connectivity index (χ1) is 35.0. The number of thioether (sulfide) groups is 2. The van der Waals surface area contributed by atoms with E-state index >= 15 is 0 Å². The van der Waals surface area contributed by atoms with Gasteiger partial charge in [0.15, 0.2) is 9.50 Å². The van der Waals surface area contributed by atoms with E-state index in [1.165, 1.54) is 47.7 Å². The second kappa shape index (κ2) is 27.6. The summed E-state index contributed by atoms with van der Waals surface area (Å²) in [5, 5.41) is 20.8. The minimum Gasteiger partial charge on any atom is -0.492 e. The zero-order valence-electron chi connectivity index (χ0n) is 41.0. The number of ether oxygens (including phenoxy) is 2. The Balaban J connectivity index is 0.000000211. The summed E-state index contributed by atoms with van der Waals surface area (Å²) in [6.07, 6.45) is 13.5. The highest BCUT2D eigenvalue weighted by atomic mass is 32.2. The lowest BCUT2D eigenvalue weighted by Gasteiger charge is -2.26. The fourth-order valence-electron chi connectivity index (χ4n) is 8.81. The zero-order chi connectivity index (χ0) is 50.7. The van der Waals surface area contributed by atoms with E-state index in [-0.39, 0.29) is 23.7 Å². The summed E-state index contributed by atoms with van der Waals surface area (Å²) in [5.41, 5.74) is 5.57. The van der Waals surface area contributed by atoms with Gasteiger partial charge in [-0.05, 0) is 79.5 Å². The van der Waals surface area contributed by atoms with Gasteiger partial charge >= 0.3 is 11.9 Å². The Kier molecular flexibility index (Phi) is 20.6. The van der Waals surface area contributed by atoms with Crippen molar-refractivity contribution in [2.24, 2.45) is 11.8 Å². The van der Waals surface area contributed by atoms with Gasteiger partial charge in [-0.1, -0.05) is 147 Å². The number of benzene rings is 4. The van der Waals surface area contributed by atoms with Crippen molar-refractivity contribution >= 4 is 58.6 Å². The number of carbonyl (C=O) groups is 4. The number of carboxylic acids is 2. The molecule has 2 amide bonds. The number of aromatic amines is 1. The number of H-pyrrole nitrogens is 1. The molecule has 380 valence electrons. The molecule has 13 nitrogen and oxygen atoms in total. The third-order valence-electron chi connectivity index (χ3n) is 13.0. The number of amides is 2. The fraction of sp³-hybridized carbons (Fsp3) is 0.393. The molecule has 2 aliphatic carbocycles. The number of nitrogens with one attached hydrogen (secondary N) is 1. The minimum atomic E-state index is -0.886. The molecule has 8 rings (SSSR count). The molecule has 2 aromatic heterocycles. The first-order valence-corrected chi connectivity index (χ1v) is 27.5. The average Bonchev–Trinajstić information content (AvgIpc) is 4.10. The Morgan fingerprint density at radius 3 is 1.57 bits per heavy atom. The van der Waals surface area contributed by atoms with E-state index in [9.17, 15) is 29.4 Å². The van der Waals surface area contributed by atoms with Crippen LogP contribution in [-0.4, -0.2) is 110 Å². The Bertz CT molecular complexity index is 2440. The predicted octanol–water partition coefficient (Wildman–Crippen LogP) is 11.3. The van der Waals surface area contributed by atoms with Gasteiger partial charge in [0.1, 0.15) is 35.2 Å². The summed E-state index contributed by atoms with van der Waals surface area (Å²) in [6.45, 7) is 1.94. The van der Waals surface area contributed by atoms with E-state index in [0.29, 0.717) is 55.8 Å². The lowest BCUT2D eigenvalue weighted by molar-refractivity contribution is -0.137. The lowest BCUT2D eigenvalue weighted by atomic mass is 9.88. The van der Waals surface area contributed by atoms with Crippen LogP contribution in [0, 0.1) is 11.8 Å². The van der Waals surface area contributed by atoms with Crippen LogP contribution in [-0.2, 0) is 32.0 Å². The first kappa shape index (κ1) is 53.7. The van der Waals surface area contributed by atoms with Crippen LogP contribution >= 0.6 is 34.9 Å². The Labute approximate surface area is 435 Å². The van der Waals surface area contributed by atoms with E-state index in [1.54, 1.807) is 16.0 Å². The Hall–Kier alpha value is -6.10. The van der Waals surface area contributed by atoms with Crippen LogP contribution in [0.25, 0.3) is 22.5 Å². The molecule has 16 heteroatoms. The second-order valence-corrected chi connectivity index (χ2v) is 21.8. The number of aromatic nitrogens is 3. The van der Waals surface area contributed by atoms with Gasteiger partial charge in [0, 0.05) is 36.9 Å². The largest absolute Gasteiger partial charge is 0.492 e. The number of aliphatic carboxylic acids is 2. The first-order valence-electron chi connectivity index (χ1n) is 24.8. The van der Waals surface area contributed by atoms with Crippen LogP contribution in [0.5, 0.6) is 11.5 Å². The van der Waals surface area contributed by atoms with Gasteiger partial charge in [-0.25, -0.2) is 9.97 Å². The lowest BCUT2D eigenvalue weighted by Crippen LogP contribution is -2.36. The molecule has 0 aliphatic heterocycles. The number of nitrogens with zero attached hydrogens (tertiary/aromatic N) is 4. The van der Waals surface area contributed by atoms with Gasteiger partial charge in [-0.15, -0.1) is 11.3 Å². The van der Waals surface area contributed by atoms with Crippen LogP contribution in [0.4, 0.5) is 0 Å². The van der Waals surface area contributed by atoms with Crippen molar-refractivity contribution < 1.29 is 38.9 Å². The Morgan fingerprint density at radius 2 is 1.10 bits per heavy atom. The number of thiazole rings is 1. The summed E-state index contributed by atoms with van der Waals surface area (Å²) < 4.78 is 12.4. The zero-order valence-corrected chi connectivity index (χ0v) is 43.5. The molecule has 3 N–H and O–H groups in total. The Morgan fingerprint density at radius 1 is 0.639 bits per heavy atom. The van der Waals surface area contributed by atoms with Crippen LogP contribution < -0.4 is 9.47 Å². The SMILES string of the molecule is CN(CCOc1ccc(CC(Sc2nc(-c3ccccc3)cs2)C(=O)O)cc1)C(=O)C1CCCCC1.CN(CCOc1ccc(CC(Sc2ncc(-c3ccccc3)[nH]2)C(=O)O)cc1)C(=O)C1CCCCC1. The second-order valence-electron chi connectivity index (χ2n) is 18.3. The number of imidazole rings is 1. The molecule has 2 fully saturated rings. The number of likely N-dealkylation sites (N-methyl/N-ethyl adjacent to an activating group) is 2. The van der Waals surface area contributed by atoms with Crippen LogP contribution in [0.1, 0.15) is 75.3 Å². The van der Waals surface area contributed by atoms with Crippen molar-refractivity contribution in [1.82, 2.24) is 24.8 Å². The molecule has 0 bridgehead atoms. The summed E-state index contributed by atoms with van der Waals surface area (Å²) in [7, 11) is 3.69. The number of hydrogen-bond donors (Lipinski definition) is 3. The summed E-state index contributed by atoms with van der Waals surface area (Å²) in [4.78, 5) is 64.7. The summed E-state index contributed by atoms with van der Waals surface area (Å²) in [6, 6.07) is 34.7. The maximum Gasteiger partial charge on any atom is 0.317 e. The number of carbonyl (C=O) groups excluding carboxylic acids is 2. The van der Waals surface area contributed by atoms with Crippen molar-refractivity contribution in [3.63, 3.8) is 0 Å². The molecule has 2 atom stereocenters. The third kappa shape index (κ3) is 16.5. The van der Waals surface area contributed by atoms with Crippen LogP contribution in [0.2, 0.25) is 0 Å². The molecular weight excluding hydrogens is 967 g/mol. The van der Waals surface area contributed by atoms with E-state index in [2.05, 4.69) is 15.0 Å². The van der Waals surface area contributed by atoms with Crippen molar-refractivity contribution in [3.8, 4) is 34.0 Å². The standard InChI is InChI=1S/C28H33N3O4S.C28H32N2O4S2/c1-31(26(32)22-10-6-3-7-11-22)16-17-35-23-14-12-20(13-15-23)18-25(27(33)34)36-28-29-19-24(30-28)21-8-4-2-5-9-21;1-30(26(31)22-10-6-3-7-11-22)16-17-34-23-14-12-20(13-15-23)18-25(27(32)33)36-28-29-24(19-35-28)21-8-4-2-5-9-21/h2,4-5,8-9,12-15,19,22,25H,3,6-7,10-11,16-18H2,1H3,(H,29,30)(H,33,34);2,4-5,8-9,12-15,19,22,25H,3,6-7,10-11,16-18H2,1H3,(H,32,33). The van der Waals surface area contributed by atoms with E-state index in [1.807, 2.05) is 129 Å². The topological polar surface area (TPSA) is 175 Å².